The summed E-state index contributed by atoms with van der Waals surface area (Å²) in [5.41, 5.74) is 3.41. The first-order chi connectivity index (χ1) is 15.8. The highest BCUT2D eigenvalue weighted by Crippen LogP contribution is 2.20. The van der Waals surface area contributed by atoms with Gasteiger partial charge in [-0.1, -0.05) is 54.7 Å². The molecule has 0 N–H and O–H groups in total. The number of aryl methyl sites for hydroxylation is 2. The maximum Gasteiger partial charge on any atom is 0.279 e. The number of rotatable bonds is 6. The van der Waals surface area contributed by atoms with Crippen LogP contribution in [-0.4, -0.2) is 29.7 Å². The van der Waals surface area contributed by atoms with Crippen LogP contribution in [0.25, 0.3) is 10.2 Å². The molecule has 170 valence electrons. The summed E-state index contributed by atoms with van der Waals surface area (Å²) in [4.78, 5) is 17.8. The van der Waals surface area contributed by atoms with Crippen LogP contribution in [0.4, 0.5) is 0 Å². The van der Waals surface area contributed by atoms with Crippen molar-refractivity contribution in [2.24, 2.45) is 12.0 Å². The van der Waals surface area contributed by atoms with Crippen molar-refractivity contribution in [2.75, 3.05) is 6.54 Å². The third-order valence-corrected chi connectivity index (χ3v) is 8.49. The molecule has 0 aliphatic carbocycles. The van der Waals surface area contributed by atoms with Crippen LogP contribution in [0.1, 0.15) is 28.4 Å². The molecule has 0 saturated heterocycles. The van der Waals surface area contributed by atoms with Crippen molar-refractivity contribution in [1.82, 2.24) is 8.87 Å². The quantitative estimate of drug-likeness (QED) is 0.409. The number of fused-ring (bicyclic) bond motifs is 1. The molecule has 0 atom stereocenters. The molecule has 1 aromatic heterocycles. The van der Waals surface area contributed by atoms with Crippen molar-refractivity contribution in [1.29, 1.82) is 0 Å². The van der Waals surface area contributed by atoms with Crippen LogP contribution in [0.3, 0.4) is 0 Å². The van der Waals surface area contributed by atoms with Gasteiger partial charge in [-0.2, -0.15) is 9.30 Å². The zero-order chi connectivity index (χ0) is 23.6. The van der Waals surface area contributed by atoms with Crippen LogP contribution in [0.5, 0.6) is 0 Å². The molecular formula is C25H25N3O3S2. The van der Waals surface area contributed by atoms with Gasteiger partial charge in [-0.05, 0) is 54.4 Å². The van der Waals surface area contributed by atoms with E-state index in [4.69, 9.17) is 0 Å². The second-order valence-electron chi connectivity index (χ2n) is 7.77. The summed E-state index contributed by atoms with van der Waals surface area (Å²) in [7, 11) is -1.81. The second kappa shape index (κ2) is 9.43. The minimum Gasteiger partial charge on any atom is -0.319 e. The third kappa shape index (κ3) is 4.83. The average molecular weight is 480 g/mol. The Morgan fingerprint density at radius 2 is 1.73 bits per heavy atom. The predicted molar refractivity (Wildman–Crippen MR) is 132 cm³/mol. The molecule has 0 fully saturated rings. The van der Waals surface area contributed by atoms with Gasteiger partial charge < -0.3 is 4.57 Å². The number of thiazole rings is 1. The Morgan fingerprint density at radius 1 is 1.03 bits per heavy atom. The number of benzene rings is 3. The van der Waals surface area contributed by atoms with Gasteiger partial charge in [0.2, 0.25) is 10.0 Å². The van der Waals surface area contributed by atoms with Gasteiger partial charge in [0.1, 0.15) is 0 Å². The molecule has 0 spiro atoms. The van der Waals surface area contributed by atoms with Crippen LogP contribution in [-0.2, 0) is 23.6 Å². The summed E-state index contributed by atoms with van der Waals surface area (Å²) >= 11 is 1.45. The molecule has 3 aromatic carbocycles. The van der Waals surface area contributed by atoms with E-state index in [2.05, 4.69) is 11.1 Å². The lowest BCUT2D eigenvalue weighted by Crippen LogP contribution is -2.30. The van der Waals surface area contributed by atoms with Crippen molar-refractivity contribution in [3.05, 3.63) is 94.3 Å². The number of hydrogen-bond donors (Lipinski definition) is 0. The summed E-state index contributed by atoms with van der Waals surface area (Å²) in [5.74, 6) is -0.408. The maximum absolute atomic E-state index is 13.1. The Kier molecular flexibility index (Phi) is 6.60. The van der Waals surface area contributed by atoms with Crippen molar-refractivity contribution in [3.8, 4) is 0 Å². The summed E-state index contributed by atoms with van der Waals surface area (Å²) in [5, 5.41) is 0. The number of nitrogens with zero attached hydrogens (tertiary/aromatic N) is 3. The molecule has 33 heavy (non-hydrogen) atoms. The van der Waals surface area contributed by atoms with Crippen LogP contribution in [0.2, 0.25) is 0 Å². The van der Waals surface area contributed by atoms with Crippen LogP contribution in [0.15, 0.2) is 82.7 Å². The van der Waals surface area contributed by atoms with Gasteiger partial charge in [-0.3, -0.25) is 4.79 Å². The molecule has 0 aliphatic rings. The number of carbonyl (C=O) groups excluding carboxylic acids is 1. The first-order valence-electron chi connectivity index (χ1n) is 10.6. The largest absolute Gasteiger partial charge is 0.319 e. The highest BCUT2D eigenvalue weighted by molar-refractivity contribution is 7.89. The molecule has 0 radical (unpaired) electrons. The fourth-order valence-electron chi connectivity index (χ4n) is 3.57. The van der Waals surface area contributed by atoms with E-state index in [1.807, 2.05) is 67.9 Å². The van der Waals surface area contributed by atoms with E-state index in [1.165, 1.54) is 39.9 Å². The van der Waals surface area contributed by atoms with Gasteiger partial charge in [-0.25, -0.2) is 8.42 Å². The smallest absolute Gasteiger partial charge is 0.279 e. The Morgan fingerprint density at radius 3 is 2.39 bits per heavy atom. The molecule has 8 heteroatoms. The first-order valence-corrected chi connectivity index (χ1v) is 12.8. The van der Waals surface area contributed by atoms with Gasteiger partial charge in [0.05, 0.1) is 15.1 Å². The SMILES string of the molecule is CCN(Cc1ccccc1)S(=O)(=O)c1ccc(C(=O)N=c2sc3cc(C)ccc3n2C)cc1. The Bertz CT molecular complexity index is 1470. The number of aromatic nitrogens is 1. The minimum absolute atomic E-state index is 0.153. The molecule has 4 rings (SSSR count). The predicted octanol–water partition coefficient (Wildman–Crippen LogP) is 4.50. The van der Waals surface area contributed by atoms with Gasteiger partial charge in [0.15, 0.2) is 4.80 Å². The summed E-state index contributed by atoms with van der Waals surface area (Å²) in [6.45, 7) is 4.47. The fraction of sp³-hybridized carbons (Fsp3) is 0.200. The van der Waals surface area contributed by atoms with Crippen LogP contribution < -0.4 is 4.80 Å². The normalized spacial score (nSPS) is 12.5. The van der Waals surface area contributed by atoms with Crippen molar-refractivity contribution >= 4 is 37.5 Å². The molecule has 0 aliphatic heterocycles. The molecular weight excluding hydrogens is 454 g/mol. The first kappa shape index (κ1) is 23.1. The summed E-state index contributed by atoms with van der Waals surface area (Å²) in [6.07, 6.45) is 0. The maximum atomic E-state index is 13.1. The highest BCUT2D eigenvalue weighted by Gasteiger charge is 2.23. The molecule has 0 saturated carbocycles. The van der Waals surface area contributed by atoms with E-state index in [1.54, 1.807) is 0 Å². The second-order valence-corrected chi connectivity index (χ2v) is 10.7. The van der Waals surface area contributed by atoms with Crippen molar-refractivity contribution in [2.45, 2.75) is 25.3 Å². The van der Waals surface area contributed by atoms with E-state index in [-0.39, 0.29) is 11.4 Å². The number of carbonyl (C=O) groups is 1. The van der Waals surface area contributed by atoms with Gasteiger partial charge >= 0.3 is 0 Å². The van der Waals surface area contributed by atoms with Crippen molar-refractivity contribution < 1.29 is 13.2 Å². The zero-order valence-corrected chi connectivity index (χ0v) is 20.4. The van der Waals surface area contributed by atoms with E-state index in [9.17, 15) is 13.2 Å². The van der Waals surface area contributed by atoms with Crippen LogP contribution >= 0.6 is 11.3 Å². The standard InChI is InChI=1S/C25H25N3O3S2/c1-4-28(17-19-8-6-5-7-9-19)33(30,31)21-13-11-20(12-14-21)24(29)26-25-27(3)22-15-10-18(2)16-23(22)32-25/h5-16H,4,17H2,1-3H3. The fourth-order valence-corrected chi connectivity index (χ4v) is 6.12. The van der Waals surface area contributed by atoms with E-state index in [0.717, 1.165) is 21.3 Å². The summed E-state index contributed by atoms with van der Waals surface area (Å²) < 4.78 is 30.6. The molecule has 1 heterocycles. The van der Waals surface area contributed by atoms with E-state index in [0.29, 0.717) is 16.9 Å². The van der Waals surface area contributed by atoms with E-state index >= 15 is 0 Å². The molecule has 6 nitrogen and oxygen atoms in total. The number of amides is 1. The summed E-state index contributed by atoms with van der Waals surface area (Å²) in [6, 6.07) is 21.6. The van der Waals surface area contributed by atoms with Crippen LogP contribution in [0, 0.1) is 6.92 Å². The minimum atomic E-state index is -3.69. The molecule has 0 bridgehead atoms. The molecule has 0 unspecified atom stereocenters. The topological polar surface area (TPSA) is 71.7 Å². The van der Waals surface area contributed by atoms with E-state index < -0.39 is 15.9 Å². The van der Waals surface area contributed by atoms with Gasteiger partial charge in [0, 0.05) is 25.7 Å². The lowest BCUT2D eigenvalue weighted by molar-refractivity contribution is 0.0998. The lowest BCUT2D eigenvalue weighted by Gasteiger charge is -2.20. The molecule has 4 aromatic rings. The molecule has 1 amide bonds. The third-order valence-electron chi connectivity index (χ3n) is 5.46. The lowest BCUT2D eigenvalue weighted by atomic mass is 10.2. The Balaban J connectivity index is 1.59. The van der Waals surface area contributed by atoms with Crippen molar-refractivity contribution in [3.63, 3.8) is 0 Å². The monoisotopic (exact) mass is 479 g/mol. The van der Waals surface area contributed by atoms with Gasteiger partial charge in [0.25, 0.3) is 5.91 Å². The zero-order valence-electron chi connectivity index (χ0n) is 18.7. The average Bonchev–Trinajstić information content (AvgIpc) is 3.12. The Labute approximate surface area is 197 Å². The van der Waals surface area contributed by atoms with Gasteiger partial charge in [-0.15, -0.1) is 0 Å². The highest BCUT2D eigenvalue weighted by atomic mass is 32.2. The number of sulfonamides is 1. The Hall–Kier alpha value is -3.07. The number of hydrogen-bond acceptors (Lipinski definition) is 4.